The largest absolute Gasteiger partial charge is 0.476 e. The lowest BCUT2D eigenvalue weighted by Crippen LogP contribution is -2.51. The summed E-state index contributed by atoms with van der Waals surface area (Å²) in [5.41, 5.74) is 5.78. The summed E-state index contributed by atoms with van der Waals surface area (Å²) in [5, 5.41) is 13.3. The van der Waals surface area contributed by atoms with Crippen molar-refractivity contribution in [3.8, 4) is 11.6 Å². The van der Waals surface area contributed by atoms with Crippen molar-refractivity contribution in [2.75, 3.05) is 17.2 Å². The number of aromatic nitrogens is 4. The number of hydrogen-bond acceptors (Lipinski definition) is 9. The number of nitrogens with one attached hydrogen (secondary N) is 3. The second kappa shape index (κ2) is 12.4. The van der Waals surface area contributed by atoms with E-state index < -0.39 is 29.5 Å². The summed E-state index contributed by atoms with van der Waals surface area (Å²) in [6.07, 6.45) is 7.17. The Hall–Kier alpha value is -4.42. The molecule has 0 saturated heterocycles. The van der Waals surface area contributed by atoms with E-state index in [1.54, 1.807) is 50.0 Å². The van der Waals surface area contributed by atoms with Crippen LogP contribution < -0.4 is 26.4 Å². The predicted molar refractivity (Wildman–Crippen MR) is 152 cm³/mol. The Balaban J connectivity index is 1.63. The van der Waals surface area contributed by atoms with E-state index >= 15 is 4.39 Å². The number of nitrogens with two attached hydrogens (primary N) is 1. The zero-order chi connectivity index (χ0) is 29.7. The summed E-state index contributed by atoms with van der Waals surface area (Å²) in [4.78, 5) is 33.5. The monoisotopic (exact) mass is 568 g/mol. The topological polar surface area (TPSA) is 158 Å². The minimum Gasteiger partial charge on any atom is -0.476 e. The van der Waals surface area contributed by atoms with Crippen molar-refractivity contribution in [3.05, 3.63) is 48.2 Å². The number of amides is 2. The molecule has 0 spiro atoms. The van der Waals surface area contributed by atoms with Gasteiger partial charge >= 0.3 is 6.09 Å². The Morgan fingerprint density at radius 1 is 1.24 bits per heavy atom. The summed E-state index contributed by atoms with van der Waals surface area (Å²) >= 11 is 0. The molecule has 3 aromatic rings. The lowest BCUT2D eigenvalue weighted by atomic mass is 9.77. The molecule has 2 atom stereocenters. The normalized spacial score (nSPS) is 14.9. The third-order valence-electron chi connectivity index (χ3n) is 6.61. The molecule has 41 heavy (non-hydrogen) atoms. The number of alkyl carbamates (subject to hydrolysis) is 1. The summed E-state index contributed by atoms with van der Waals surface area (Å²) in [7, 11) is 0. The average molecular weight is 569 g/mol. The van der Waals surface area contributed by atoms with E-state index in [4.69, 9.17) is 15.2 Å². The zero-order valence-electron chi connectivity index (χ0n) is 23.9. The fourth-order valence-corrected chi connectivity index (χ4v) is 4.53. The highest BCUT2D eigenvalue weighted by atomic mass is 19.1. The number of rotatable bonds is 11. The first-order chi connectivity index (χ1) is 19.4. The van der Waals surface area contributed by atoms with Gasteiger partial charge < -0.3 is 31.2 Å². The Morgan fingerprint density at radius 2 is 2.00 bits per heavy atom. The molecule has 4 rings (SSSR count). The molecule has 13 heteroatoms. The van der Waals surface area contributed by atoms with Gasteiger partial charge in [0.2, 0.25) is 5.88 Å². The van der Waals surface area contributed by atoms with Crippen LogP contribution in [-0.2, 0) is 4.74 Å². The molecule has 0 aromatic carbocycles. The first-order valence-electron chi connectivity index (χ1n) is 13.6. The molecule has 5 N–H and O–H groups in total. The van der Waals surface area contributed by atoms with Gasteiger partial charge in [-0.25, -0.2) is 23.8 Å². The van der Waals surface area contributed by atoms with E-state index in [-0.39, 0.29) is 29.2 Å². The SMILES string of the molecule is CCOc1ncc(Nc2nc(N[C@H](C3CCC3)[C@H](C)NC(=O)OC(C)(C)C)c(F)cc2C(N)=O)cc1-n1cccn1. The molecule has 3 heterocycles. The lowest BCUT2D eigenvalue weighted by Gasteiger charge is -2.38. The number of primary amides is 1. The van der Waals surface area contributed by atoms with E-state index in [1.165, 1.54) is 6.20 Å². The van der Waals surface area contributed by atoms with Crippen LogP contribution in [0.3, 0.4) is 0 Å². The number of carbonyl (C=O) groups is 2. The van der Waals surface area contributed by atoms with E-state index in [1.807, 2.05) is 13.8 Å². The van der Waals surface area contributed by atoms with Gasteiger partial charge in [-0.3, -0.25) is 4.79 Å². The van der Waals surface area contributed by atoms with E-state index in [2.05, 4.69) is 31.0 Å². The van der Waals surface area contributed by atoms with Gasteiger partial charge in [0.05, 0.1) is 30.1 Å². The standard InChI is InChI=1S/C28H37FN8O4/c1-6-40-26-21(37-12-8-11-32-37)13-18(15-31-26)34-24-19(23(30)38)14-20(29)25(36-24)35-22(17-9-7-10-17)16(2)33-27(39)41-28(3,4)5/h8,11-17,22H,6-7,9-10H2,1-5H3,(H2,30,38)(H,33,39)(H2,34,35,36)/t16-,22-/m0/s1. The van der Waals surface area contributed by atoms with Crippen molar-refractivity contribution in [2.45, 2.75) is 71.6 Å². The summed E-state index contributed by atoms with van der Waals surface area (Å²) in [6.45, 7) is 9.42. The molecule has 12 nitrogen and oxygen atoms in total. The number of ether oxygens (including phenoxy) is 2. The highest BCUT2D eigenvalue weighted by Gasteiger charge is 2.34. The van der Waals surface area contributed by atoms with Gasteiger partial charge in [-0.1, -0.05) is 6.42 Å². The van der Waals surface area contributed by atoms with E-state index in [0.29, 0.717) is 23.9 Å². The predicted octanol–water partition coefficient (Wildman–Crippen LogP) is 4.54. The van der Waals surface area contributed by atoms with Gasteiger partial charge in [0, 0.05) is 18.4 Å². The van der Waals surface area contributed by atoms with Crippen LogP contribution in [0, 0.1) is 11.7 Å². The molecule has 1 aliphatic carbocycles. The van der Waals surface area contributed by atoms with Crippen LogP contribution in [0.4, 0.5) is 26.5 Å². The number of hydrogen-bond donors (Lipinski definition) is 4. The maximum atomic E-state index is 15.3. The molecule has 3 aromatic heterocycles. The summed E-state index contributed by atoms with van der Waals surface area (Å²) in [5.74, 6) is -1.11. The number of halogens is 1. The quantitative estimate of drug-likeness (QED) is 0.261. The van der Waals surface area contributed by atoms with Crippen molar-refractivity contribution >= 4 is 29.3 Å². The summed E-state index contributed by atoms with van der Waals surface area (Å²) in [6, 6.07) is 3.77. The molecule has 0 bridgehead atoms. The molecule has 2 amide bonds. The van der Waals surface area contributed by atoms with Crippen molar-refractivity contribution in [3.63, 3.8) is 0 Å². The fourth-order valence-electron chi connectivity index (χ4n) is 4.53. The van der Waals surface area contributed by atoms with Crippen LogP contribution >= 0.6 is 0 Å². The number of anilines is 3. The smallest absolute Gasteiger partial charge is 0.407 e. The molecule has 0 radical (unpaired) electrons. The minimum absolute atomic E-state index is 0.0406. The van der Waals surface area contributed by atoms with Gasteiger partial charge in [-0.15, -0.1) is 0 Å². The zero-order valence-corrected chi connectivity index (χ0v) is 23.9. The molecule has 1 fully saturated rings. The Labute approximate surface area is 238 Å². The summed E-state index contributed by atoms with van der Waals surface area (Å²) < 4.78 is 27.9. The molecule has 1 aliphatic rings. The second-order valence-corrected chi connectivity index (χ2v) is 10.9. The van der Waals surface area contributed by atoms with Crippen molar-refractivity contribution in [2.24, 2.45) is 11.7 Å². The first kappa shape index (κ1) is 29.6. The maximum absolute atomic E-state index is 15.3. The molecule has 1 saturated carbocycles. The van der Waals surface area contributed by atoms with Crippen LogP contribution in [0.15, 0.2) is 36.8 Å². The Morgan fingerprint density at radius 3 is 2.59 bits per heavy atom. The number of pyridine rings is 2. The third kappa shape index (κ3) is 7.41. The molecule has 220 valence electrons. The van der Waals surface area contributed by atoms with Gasteiger partial charge in [-0.05, 0) is 71.6 Å². The van der Waals surface area contributed by atoms with Crippen molar-refractivity contribution in [1.82, 2.24) is 25.1 Å². The van der Waals surface area contributed by atoms with Crippen LogP contribution in [0.5, 0.6) is 5.88 Å². The van der Waals surface area contributed by atoms with Crippen LogP contribution in [0.2, 0.25) is 0 Å². The van der Waals surface area contributed by atoms with E-state index in [0.717, 1.165) is 25.3 Å². The van der Waals surface area contributed by atoms with Gasteiger partial charge in [-0.2, -0.15) is 5.10 Å². The van der Waals surface area contributed by atoms with Gasteiger partial charge in [0.1, 0.15) is 17.1 Å². The van der Waals surface area contributed by atoms with Gasteiger partial charge in [0.25, 0.3) is 5.91 Å². The van der Waals surface area contributed by atoms with Crippen LogP contribution in [0.25, 0.3) is 5.69 Å². The van der Waals surface area contributed by atoms with Crippen molar-refractivity contribution in [1.29, 1.82) is 0 Å². The molecule has 0 unspecified atom stereocenters. The molecule has 0 aliphatic heterocycles. The fraction of sp³-hybridized carbons (Fsp3) is 0.464. The Bertz CT molecular complexity index is 1370. The van der Waals surface area contributed by atoms with Crippen LogP contribution in [0.1, 0.15) is 64.2 Å². The average Bonchev–Trinajstić information content (AvgIpc) is 3.38. The maximum Gasteiger partial charge on any atom is 0.407 e. The molecular weight excluding hydrogens is 531 g/mol. The minimum atomic E-state index is -0.854. The Kier molecular flexibility index (Phi) is 8.94. The lowest BCUT2D eigenvalue weighted by molar-refractivity contribution is 0.0492. The molecular formula is C28H37FN8O4. The highest BCUT2D eigenvalue weighted by molar-refractivity contribution is 5.98. The first-order valence-corrected chi connectivity index (χ1v) is 13.6. The van der Waals surface area contributed by atoms with Crippen molar-refractivity contribution < 1.29 is 23.5 Å². The number of nitrogens with zero attached hydrogens (tertiary/aromatic N) is 4. The highest BCUT2D eigenvalue weighted by Crippen LogP contribution is 2.34. The number of carbonyl (C=O) groups excluding carboxylic acids is 2. The second-order valence-electron chi connectivity index (χ2n) is 10.9. The van der Waals surface area contributed by atoms with Crippen LogP contribution in [-0.4, -0.2) is 56.0 Å². The third-order valence-corrected chi connectivity index (χ3v) is 6.61. The van der Waals surface area contributed by atoms with E-state index in [9.17, 15) is 9.59 Å². The van der Waals surface area contributed by atoms with Gasteiger partial charge in [0.15, 0.2) is 11.6 Å².